The molecule has 72 valence electrons. The highest BCUT2D eigenvalue weighted by atomic mass is 35.5. The smallest absolute Gasteiger partial charge is 0.356 e. The van der Waals surface area contributed by atoms with E-state index in [4.69, 9.17) is 28.3 Å². The summed E-state index contributed by atoms with van der Waals surface area (Å²) < 4.78 is 0. The Labute approximate surface area is 91.1 Å². The number of rotatable bonds is 1. The average molecular weight is 242 g/mol. The minimum atomic E-state index is -1.15. The highest BCUT2D eigenvalue weighted by molar-refractivity contribution is 6.37. The molecule has 0 fully saturated rings. The normalized spacial score (nSPS) is 9.15. The summed E-state index contributed by atoms with van der Waals surface area (Å²) in [6, 6.07) is 0. The lowest BCUT2D eigenvalue weighted by Gasteiger charge is -2.02. The van der Waals surface area contributed by atoms with Crippen LogP contribution in [0.25, 0.3) is 0 Å². The maximum absolute atomic E-state index is 10.5. The highest BCUT2D eigenvalue weighted by Gasteiger charge is 2.13. The van der Waals surface area contributed by atoms with Crippen LogP contribution in [-0.4, -0.2) is 16.1 Å². The third kappa shape index (κ3) is 2.46. The molecule has 3 nitrogen and oxygen atoms in total. The van der Waals surface area contributed by atoms with E-state index in [1.165, 1.54) is 6.20 Å². The first kappa shape index (κ1) is 12.5. The molecular weight excluding hydrogens is 236 g/mol. The zero-order valence-corrected chi connectivity index (χ0v) is 8.87. The quantitative estimate of drug-likeness (QED) is 0.824. The van der Waals surface area contributed by atoms with Gasteiger partial charge < -0.3 is 5.11 Å². The first-order valence-corrected chi connectivity index (χ1v) is 3.83. The molecule has 0 saturated heterocycles. The van der Waals surface area contributed by atoms with E-state index in [0.29, 0.717) is 10.6 Å². The van der Waals surface area contributed by atoms with Gasteiger partial charge in [0, 0.05) is 6.20 Å². The third-order valence-corrected chi connectivity index (χ3v) is 2.25. The molecule has 0 atom stereocenters. The molecule has 0 aliphatic rings. The molecule has 0 radical (unpaired) electrons. The van der Waals surface area contributed by atoms with E-state index in [-0.39, 0.29) is 23.1 Å². The van der Waals surface area contributed by atoms with Crippen LogP contribution in [0.2, 0.25) is 10.0 Å². The predicted molar refractivity (Wildman–Crippen MR) is 53.2 cm³/mol. The number of hydrogen-bond donors (Lipinski definition) is 1. The molecule has 1 aromatic heterocycles. The summed E-state index contributed by atoms with van der Waals surface area (Å²) in [5, 5.41) is 9.05. The van der Waals surface area contributed by atoms with Gasteiger partial charge in [0.2, 0.25) is 0 Å². The van der Waals surface area contributed by atoms with Crippen LogP contribution in [0.15, 0.2) is 6.20 Å². The van der Waals surface area contributed by atoms with Crippen molar-refractivity contribution in [2.45, 2.75) is 6.92 Å². The zero-order valence-electron chi connectivity index (χ0n) is 6.54. The number of halogens is 3. The van der Waals surface area contributed by atoms with Gasteiger partial charge in [0.05, 0.1) is 10.0 Å². The van der Waals surface area contributed by atoms with Crippen molar-refractivity contribution < 1.29 is 9.90 Å². The van der Waals surface area contributed by atoms with Gasteiger partial charge in [-0.1, -0.05) is 23.2 Å². The Morgan fingerprint density at radius 1 is 1.54 bits per heavy atom. The van der Waals surface area contributed by atoms with Crippen LogP contribution in [0.4, 0.5) is 0 Å². The summed E-state index contributed by atoms with van der Waals surface area (Å²) >= 11 is 11.3. The van der Waals surface area contributed by atoms with E-state index >= 15 is 0 Å². The number of aromatic nitrogens is 1. The second-order valence-electron chi connectivity index (χ2n) is 2.20. The van der Waals surface area contributed by atoms with Crippen molar-refractivity contribution in [3.05, 3.63) is 27.5 Å². The molecule has 0 bridgehead atoms. The summed E-state index contributed by atoms with van der Waals surface area (Å²) in [5.74, 6) is -1.15. The van der Waals surface area contributed by atoms with Gasteiger partial charge in [-0.3, -0.25) is 0 Å². The van der Waals surface area contributed by atoms with E-state index < -0.39 is 5.97 Å². The Hall–Kier alpha value is -0.510. The minimum absolute atomic E-state index is 0. The standard InChI is InChI=1S/C7H5Cl2NO2.ClH/c1-3-4(8)2-10-6(5(3)9)7(11)12;/h2H,1H3,(H,11,12);1H. The fourth-order valence-corrected chi connectivity index (χ4v) is 1.13. The summed E-state index contributed by atoms with van der Waals surface area (Å²) in [5.41, 5.74) is 0.365. The number of hydrogen-bond acceptors (Lipinski definition) is 2. The van der Waals surface area contributed by atoms with E-state index in [0.717, 1.165) is 0 Å². The Balaban J connectivity index is 0.00000144. The SMILES string of the molecule is Cc1c(Cl)cnc(C(=O)O)c1Cl.Cl. The molecule has 1 aromatic rings. The van der Waals surface area contributed by atoms with Crippen molar-refractivity contribution in [1.82, 2.24) is 4.98 Å². The van der Waals surface area contributed by atoms with Gasteiger partial charge in [-0.25, -0.2) is 9.78 Å². The van der Waals surface area contributed by atoms with Crippen molar-refractivity contribution in [1.29, 1.82) is 0 Å². The van der Waals surface area contributed by atoms with Crippen LogP contribution in [0.5, 0.6) is 0 Å². The first-order chi connectivity index (χ1) is 5.54. The molecule has 0 aromatic carbocycles. The lowest BCUT2D eigenvalue weighted by molar-refractivity contribution is 0.0690. The average Bonchev–Trinajstić information content (AvgIpc) is 2.00. The molecular formula is C7H6Cl3NO2. The van der Waals surface area contributed by atoms with E-state index in [1.807, 2.05) is 0 Å². The van der Waals surface area contributed by atoms with Crippen LogP contribution in [0, 0.1) is 6.92 Å². The maximum atomic E-state index is 10.5. The molecule has 0 unspecified atom stereocenters. The molecule has 0 aliphatic carbocycles. The molecule has 13 heavy (non-hydrogen) atoms. The van der Waals surface area contributed by atoms with Gasteiger partial charge >= 0.3 is 5.97 Å². The molecule has 0 spiro atoms. The topological polar surface area (TPSA) is 50.2 Å². The number of carbonyl (C=O) groups is 1. The van der Waals surface area contributed by atoms with E-state index in [2.05, 4.69) is 4.98 Å². The Kier molecular flexibility index (Phi) is 4.47. The molecule has 1 rings (SSSR count). The maximum Gasteiger partial charge on any atom is 0.356 e. The summed E-state index contributed by atoms with van der Waals surface area (Å²) in [6.07, 6.45) is 1.27. The molecule has 6 heteroatoms. The van der Waals surface area contributed by atoms with Crippen LogP contribution < -0.4 is 0 Å². The van der Waals surface area contributed by atoms with Gasteiger partial charge in [0.15, 0.2) is 5.69 Å². The zero-order chi connectivity index (χ0) is 9.30. The minimum Gasteiger partial charge on any atom is -0.476 e. The molecule has 0 saturated carbocycles. The fourth-order valence-electron chi connectivity index (χ4n) is 0.706. The van der Waals surface area contributed by atoms with Crippen LogP contribution in [0.3, 0.4) is 0 Å². The first-order valence-electron chi connectivity index (χ1n) is 3.08. The number of nitrogens with zero attached hydrogens (tertiary/aromatic N) is 1. The number of pyridine rings is 1. The van der Waals surface area contributed by atoms with E-state index in [9.17, 15) is 4.79 Å². The molecule has 0 aliphatic heterocycles. The summed E-state index contributed by atoms with van der Waals surface area (Å²) in [7, 11) is 0. The molecule has 0 amide bonds. The van der Waals surface area contributed by atoms with Crippen LogP contribution in [-0.2, 0) is 0 Å². The van der Waals surface area contributed by atoms with Gasteiger partial charge in [0.25, 0.3) is 0 Å². The van der Waals surface area contributed by atoms with Crippen molar-refractivity contribution >= 4 is 41.6 Å². The van der Waals surface area contributed by atoms with Crippen molar-refractivity contribution in [2.75, 3.05) is 0 Å². The fraction of sp³-hybridized carbons (Fsp3) is 0.143. The highest BCUT2D eigenvalue weighted by Crippen LogP contribution is 2.24. The van der Waals surface area contributed by atoms with Gasteiger partial charge in [-0.15, -0.1) is 12.4 Å². The van der Waals surface area contributed by atoms with Crippen molar-refractivity contribution in [3.8, 4) is 0 Å². The predicted octanol–water partition coefficient (Wildman–Crippen LogP) is 2.82. The second kappa shape index (κ2) is 4.65. The molecule has 1 heterocycles. The van der Waals surface area contributed by atoms with Crippen LogP contribution >= 0.6 is 35.6 Å². The summed E-state index contributed by atoms with van der Waals surface area (Å²) in [4.78, 5) is 14.1. The van der Waals surface area contributed by atoms with E-state index in [1.54, 1.807) is 6.92 Å². The van der Waals surface area contributed by atoms with Gasteiger partial charge in [0.1, 0.15) is 0 Å². The summed E-state index contributed by atoms with van der Waals surface area (Å²) in [6.45, 7) is 1.64. The van der Waals surface area contributed by atoms with Crippen molar-refractivity contribution in [2.24, 2.45) is 0 Å². The van der Waals surface area contributed by atoms with Crippen molar-refractivity contribution in [3.63, 3.8) is 0 Å². The Morgan fingerprint density at radius 2 is 2.08 bits per heavy atom. The Morgan fingerprint density at radius 3 is 2.54 bits per heavy atom. The number of aromatic carboxylic acids is 1. The Bertz CT molecular complexity index is 341. The second-order valence-corrected chi connectivity index (χ2v) is 2.98. The van der Waals surface area contributed by atoms with Crippen LogP contribution in [0.1, 0.15) is 16.1 Å². The number of carboxylic acid groups (broad SMARTS) is 1. The molecule has 1 N–H and O–H groups in total. The largest absolute Gasteiger partial charge is 0.476 e. The number of carboxylic acids is 1. The lowest BCUT2D eigenvalue weighted by Crippen LogP contribution is -2.02. The third-order valence-electron chi connectivity index (χ3n) is 1.40. The van der Waals surface area contributed by atoms with Gasteiger partial charge in [-0.2, -0.15) is 0 Å². The lowest BCUT2D eigenvalue weighted by atomic mass is 10.2. The monoisotopic (exact) mass is 241 g/mol. The van der Waals surface area contributed by atoms with Gasteiger partial charge in [-0.05, 0) is 12.5 Å².